The lowest BCUT2D eigenvalue weighted by Crippen LogP contribution is -2.32. The molecule has 0 spiro atoms. The van der Waals surface area contributed by atoms with Crippen LogP contribution in [0.1, 0.15) is 62.5 Å². The van der Waals surface area contributed by atoms with Crippen LogP contribution in [-0.4, -0.2) is 19.9 Å². The molecule has 3 rings (SSSR count). The molecule has 0 aliphatic heterocycles. The van der Waals surface area contributed by atoms with E-state index in [1.807, 2.05) is 20.8 Å². The van der Waals surface area contributed by atoms with Crippen LogP contribution in [0.3, 0.4) is 0 Å². The average molecular weight is 342 g/mol. The third-order valence-electron chi connectivity index (χ3n) is 3.70. The Labute approximate surface area is 135 Å². The Hall–Kier alpha value is -2.19. The number of hydrogen-bond donors (Lipinski definition) is 0. The first-order valence-corrected chi connectivity index (χ1v) is 7.58. The van der Waals surface area contributed by atoms with Gasteiger partial charge in [-0.1, -0.05) is 25.9 Å². The molecule has 130 valence electrons. The van der Waals surface area contributed by atoms with Crippen LogP contribution in [0.2, 0.25) is 0 Å². The molecule has 0 aromatic carbocycles. The molecular formula is C15H17F3N4O2. The summed E-state index contributed by atoms with van der Waals surface area (Å²) < 4.78 is 45.2. The van der Waals surface area contributed by atoms with Crippen molar-refractivity contribution in [2.45, 2.75) is 57.7 Å². The first-order valence-electron chi connectivity index (χ1n) is 7.58. The summed E-state index contributed by atoms with van der Waals surface area (Å²) in [6.07, 6.45) is -3.17. The fourth-order valence-corrected chi connectivity index (χ4v) is 2.21. The third-order valence-corrected chi connectivity index (χ3v) is 3.70. The molecule has 0 radical (unpaired) electrons. The van der Waals surface area contributed by atoms with Gasteiger partial charge in [-0.15, -0.1) is 0 Å². The molecule has 24 heavy (non-hydrogen) atoms. The van der Waals surface area contributed by atoms with Gasteiger partial charge in [-0.05, 0) is 18.9 Å². The lowest BCUT2D eigenvalue weighted by Gasteiger charge is -2.11. The minimum Gasteiger partial charge on any atom is -0.339 e. The third kappa shape index (κ3) is 3.34. The van der Waals surface area contributed by atoms with E-state index in [1.54, 1.807) is 0 Å². The first kappa shape index (κ1) is 16.7. The second kappa shape index (κ2) is 5.42. The lowest BCUT2D eigenvalue weighted by atomic mass is 9.97. The summed E-state index contributed by atoms with van der Waals surface area (Å²) >= 11 is 0. The van der Waals surface area contributed by atoms with Crippen molar-refractivity contribution in [3.63, 3.8) is 0 Å². The number of rotatable bonds is 3. The van der Waals surface area contributed by atoms with Gasteiger partial charge in [0.1, 0.15) is 12.1 Å². The molecule has 1 saturated carbocycles. The predicted molar refractivity (Wildman–Crippen MR) is 77.6 cm³/mol. The van der Waals surface area contributed by atoms with Gasteiger partial charge in [0, 0.05) is 11.3 Å². The molecule has 0 bridgehead atoms. The van der Waals surface area contributed by atoms with Crippen molar-refractivity contribution in [2.75, 3.05) is 0 Å². The van der Waals surface area contributed by atoms with E-state index in [0.717, 1.165) is 23.6 Å². The molecule has 9 heteroatoms. The molecule has 2 aromatic rings. The van der Waals surface area contributed by atoms with Crippen molar-refractivity contribution in [2.24, 2.45) is 0 Å². The molecule has 0 saturated heterocycles. The maximum Gasteiger partial charge on any atom is 0.421 e. The van der Waals surface area contributed by atoms with Crippen LogP contribution in [-0.2, 0) is 18.1 Å². The SMILES string of the molecule is CC(C)(C)c1nc(Cn2nc(C3CC3)cc(C(F)(F)F)c2=O)no1. The molecule has 1 fully saturated rings. The highest BCUT2D eigenvalue weighted by Crippen LogP contribution is 2.40. The summed E-state index contributed by atoms with van der Waals surface area (Å²) in [5.74, 6) is 0.448. The Bertz CT molecular complexity index is 813. The Morgan fingerprint density at radius 2 is 1.96 bits per heavy atom. The van der Waals surface area contributed by atoms with Crippen LogP contribution < -0.4 is 5.56 Å². The Morgan fingerprint density at radius 3 is 2.46 bits per heavy atom. The van der Waals surface area contributed by atoms with E-state index < -0.39 is 22.7 Å². The fourth-order valence-electron chi connectivity index (χ4n) is 2.21. The summed E-state index contributed by atoms with van der Waals surface area (Å²) in [6, 6.07) is 0.854. The summed E-state index contributed by atoms with van der Waals surface area (Å²) in [5.41, 5.74) is -2.52. The number of alkyl halides is 3. The van der Waals surface area contributed by atoms with Crippen molar-refractivity contribution in [1.29, 1.82) is 0 Å². The number of aromatic nitrogens is 4. The molecular weight excluding hydrogens is 325 g/mol. The minimum absolute atomic E-state index is 0.0200. The Morgan fingerprint density at radius 1 is 1.29 bits per heavy atom. The van der Waals surface area contributed by atoms with Gasteiger partial charge in [-0.2, -0.15) is 23.3 Å². The van der Waals surface area contributed by atoms with Gasteiger partial charge >= 0.3 is 6.18 Å². The van der Waals surface area contributed by atoms with E-state index in [9.17, 15) is 18.0 Å². The Kier molecular flexibility index (Phi) is 3.76. The van der Waals surface area contributed by atoms with E-state index in [4.69, 9.17) is 4.52 Å². The highest BCUT2D eigenvalue weighted by atomic mass is 19.4. The molecule has 0 N–H and O–H groups in total. The van der Waals surface area contributed by atoms with Crippen molar-refractivity contribution in [1.82, 2.24) is 19.9 Å². The first-order chi connectivity index (χ1) is 11.1. The summed E-state index contributed by atoms with van der Waals surface area (Å²) in [6.45, 7) is 5.33. The molecule has 0 amide bonds. The minimum atomic E-state index is -4.72. The summed E-state index contributed by atoms with van der Waals surface area (Å²) in [4.78, 5) is 16.3. The zero-order chi connectivity index (χ0) is 17.7. The lowest BCUT2D eigenvalue weighted by molar-refractivity contribution is -0.139. The molecule has 2 aromatic heterocycles. The van der Waals surface area contributed by atoms with Gasteiger partial charge in [-0.25, -0.2) is 4.68 Å². The van der Waals surface area contributed by atoms with Crippen LogP contribution in [0.4, 0.5) is 13.2 Å². The molecule has 2 heterocycles. The van der Waals surface area contributed by atoms with E-state index in [0.29, 0.717) is 5.89 Å². The summed E-state index contributed by atoms with van der Waals surface area (Å²) in [5, 5.41) is 7.79. The van der Waals surface area contributed by atoms with Crippen molar-refractivity contribution >= 4 is 0 Å². The van der Waals surface area contributed by atoms with E-state index in [-0.39, 0.29) is 24.0 Å². The van der Waals surface area contributed by atoms with E-state index in [1.165, 1.54) is 0 Å². The number of nitrogens with zero attached hydrogens (tertiary/aromatic N) is 4. The average Bonchev–Trinajstić information content (AvgIpc) is 3.18. The van der Waals surface area contributed by atoms with Gasteiger partial charge in [0.15, 0.2) is 5.82 Å². The van der Waals surface area contributed by atoms with Gasteiger partial charge in [0.2, 0.25) is 5.89 Å². The molecule has 1 aliphatic rings. The van der Waals surface area contributed by atoms with Crippen LogP contribution >= 0.6 is 0 Å². The standard InChI is InChI=1S/C15H17F3N4O2/c1-14(2,3)13-19-11(21-24-13)7-22-12(23)9(15(16,17)18)6-10(20-22)8-4-5-8/h6,8H,4-5,7H2,1-3H3. The van der Waals surface area contributed by atoms with Gasteiger partial charge in [-0.3, -0.25) is 4.79 Å². The van der Waals surface area contributed by atoms with Gasteiger partial charge in [0.05, 0.1) is 5.69 Å². The van der Waals surface area contributed by atoms with Crippen LogP contribution in [0.5, 0.6) is 0 Å². The smallest absolute Gasteiger partial charge is 0.339 e. The largest absolute Gasteiger partial charge is 0.421 e. The number of hydrogen-bond acceptors (Lipinski definition) is 5. The van der Waals surface area contributed by atoms with Crippen LogP contribution in [0.15, 0.2) is 15.4 Å². The molecule has 0 unspecified atom stereocenters. The van der Waals surface area contributed by atoms with Gasteiger partial charge < -0.3 is 4.52 Å². The predicted octanol–water partition coefficient (Wildman–Crippen LogP) is 2.87. The van der Waals surface area contributed by atoms with Gasteiger partial charge in [0.25, 0.3) is 5.56 Å². The second-order valence-electron chi connectivity index (χ2n) is 6.98. The van der Waals surface area contributed by atoms with Crippen molar-refractivity contribution in [3.8, 4) is 0 Å². The maximum atomic E-state index is 13.1. The second-order valence-corrected chi connectivity index (χ2v) is 6.98. The van der Waals surface area contributed by atoms with Crippen LogP contribution in [0.25, 0.3) is 0 Å². The number of halogens is 3. The molecule has 1 aliphatic carbocycles. The van der Waals surface area contributed by atoms with Crippen molar-refractivity contribution in [3.05, 3.63) is 39.4 Å². The molecule has 6 nitrogen and oxygen atoms in total. The van der Waals surface area contributed by atoms with Crippen LogP contribution in [0, 0.1) is 0 Å². The highest BCUT2D eigenvalue weighted by molar-refractivity contribution is 5.22. The molecule has 0 atom stereocenters. The van der Waals surface area contributed by atoms with E-state index in [2.05, 4.69) is 15.2 Å². The maximum absolute atomic E-state index is 13.1. The topological polar surface area (TPSA) is 73.8 Å². The van der Waals surface area contributed by atoms with Crippen molar-refractivity contribution < 1.29 is 17.7 Å². The normalized spacial score (nSPS) is 15.8. The van der Waals surface area contributed by atoms with E-state index >= 15 is 0 Å². The fraction of sp³-hybridized carbons (Fsp3) is 0.600. The quantitative estimate of drug-likeness (QED) is 0.857. The Balaban J connectivity index is 1.99. The zero-order valence-corrected chi connectivity index (χ0v) is 13.5. The summed E-state index contributed by atoms with van der Waals surface area (Å²) in [7, 11) is 0. The highest BCUT2D eigenvalue weighted by Gasteiger charge is 2.37. The monoisotopic (exact) mass is 342 g/mol. The zero-order valence-electron chi connectivity index (χ0n) is 13.5.